The molecular formula is C17H36N2O. The fourth-order valence-electron chi connectivity index (χ4n) is 3.60. The molecule has 0 saturated heterocycles. The van der Waals surface area contributed by atoms with Crippen molar-refractivity contribution in [2.45, 2.75) is 77.4 Å². The Labute approximate surface area is 126 Å². The fraction of sp³-hybridized carbons (Fsp3) is 1.00. The van der Waals surface area contributed by atoms with Gasteiger partial charge < -0.3 is 10.5 Å². The number of methoxy groups -OCH3 is 1. The second-order valence-electron chi connectivity index (χ2n) is 7.33. The van der Waals surface area contributed by atoms with E-state index in [1.807, 2.05) is 7.11 Å². The van der Waals surface area contributed by atoms with Crippen molar-refractivity contribution < 1.29 is 4.74 Å². The van der Waals surface area contributed by atoms with E-state index in [1.165, 1.54) is 32.1 Å². The van der Waals surface area contributed by atoms with E-state index < -0.39 is 0 Å². The molecule has 1 aliphatic carbocycles. The lowest BCUT2D eigenvalue weighted by Crippen LogP contribution is -2.57. The van der Waals surface area contributed by atoms with Crippen LogP contribution in [-0.2, 0) is 4.74 Å². The summed E-state index contributed by atoms with van der Waals surface area (Å²) in [5.74, 6) is 0.807. The van der Waals surface area contributed by atoms with Crippen LogP contribution in [0.2, 0.25) is 0 Å². The number of hydrogen-bond donors (Lipinski definition) is 1. The van der Waals surface area contributed by atoms with Crippen LogP contribution in [0, 0.1) is 5.92 Å². The first-order valence-electron chi connectivity index (χ1n) is 8.39. The van der Waals surface area contributed by atoms with Crippen molar-refractivity contribution in [1.29, 1.82) is 0 Å². The SMILES string of the molecule is CCCN(CCC(C)(C)OC)C1(CN)CCCC(C)C1. The summed E-state index contributed by atoms with van der Waals surface area (Å²) in [6, 6.07) is 0. The van der Waals surface area contributed by atoms with Gasteiger partial charge in [0.15, 0.2) is 0 Å². The van der Waals surface area contributed by atoms with Crippen LogP contribution in [0.5, 0.6) is 0 Å². The van der Waals surface area contributed by atoms with Crippen molar-refractivity contribution in [3.63, 3.8) is 0 Å². The molecule has 2 atom stereocenters. The van der Waals surface area contributed by atoms with Crippen LogP contribution in [-0.4, -0.2) is 42.8 Å². The second-order valence-corrected chi connectivity index (χ2v) is 7.33. The minimum atomic E-state index is -0.0396. The average Bonchev–Trinajstić information content (AvgIpc) is 2.43. The fourth-order valence-corrected chi connectivity index (χ4v) is 3.60. The first-order valence-corrected chi connectivity index (χ1v) is 8.39. The molecule has 0 aromatic heterocycles. The van der Waals surface area contributed by atoms with Gasteiger partial charge in [0.2, 0.25) is 0 Å². The lowest BCUT2D eigenvalue weighted by atomic mass is 9.75. The molecule has 1 aliphatic rings. The third-order valence-corrected chi connectivity index (χ3v) is 5.15. The molecule has 2 N–H and O–H groups in total. The maximum atomic E-state index is 6.23. The van der Waals surface area contributed by atoms with E-state index >= 15 is 0 Å². The highest BCUT2D eigenvalue weighted by Crippen LogP contribution is 2.37. The molecule has 3 heteroatoms. The minimum absolute atomic E-state index is 0.0396. The molecule has 1 saturated carbocycles. The molecule has 0 radical (unpaired) electrons. The van der Waals surface area contributed by atoms with E-state index in [4.69, 9.17) is 10.5 Å². The molecule has 3 nitrogen and oxygen atoms in total. The zero-order valence-corrected chi connectivity index (χ0v) is 14.4. The van der Waals surface area contributed by atoms with E-state index in [-0.39, 0.29) is 11.1 Å². The molecule has 20 heavy (non-hydrogen) atoms. The van der Waals surface area contributed by atoms with Crippen molar-refractivity contribution >= 4 is 0 Å². The predicted octanol–water partition coefficient (Wildman–Crippen LogP) is 3.42. The number of rotatable bonds is 8. The first-order chi connectivity index (χ1) is 9.39. The molecule has 1 fully saturated rings. The summed E-state index contributed by atoms with van der Waals surface area (Å²) in [7, 11) is 1.81. The maximum absolute atomic E-state index is 6.23. The van der Waals surface area contributed by atoms with Crippen molar-refractivity contribution in [2.24, 2.45) is 11.7 Å². The summed E-state index contributed by atoms with van der Waals surface area (Å²) < 4.78 is 5.58. The standard InChI is InChI=1S/C17H36N2O/c1-6-11-19(12-10-16(3,4)20-5)17(14-18)9-7-8-15(2)13-17/h15H,6-14,18H2,1-5H3. The van der Waals surface area contributed by atoms with E-state index in [2.05, 4.69) is 32.6 Å². The molecule has 0 aliphatic heterocycles. The first kappa shape index (κ1) is 17.9. The number of hydrogen-bond acceptors (Lipinski definition) is 3. The smallest absolute Gasteiger partial charge is 0.0634 e. The zero-order valence-electron chi connectivity index (χ0n) is 14.4. The van der Waals surface area contributed by atoms with Crippen molar-refractivity contribution in [1.82, 2.24) is 4.90 Å². The molecule has 0 bridgehead atoms. The van der Waals surface area contributed by atoms with Crippen LogP contribution < -0.4 is 5.73 Å². The van der Waals surface area contributed by atoms with Gasteiger partial charge in [0.05, 0.1) is 5.60 Å². The van der Waals surface area contributed by atoms with Crippen molar-refractivity contribution in [3.8, 4) is 0 Å². The van der Waals surface area contributed by atoms with Gasteiger partial charge in [-0.2, -0.15) is 0 Å². The summed E-state index contributed by atoms with van der Waals surface area (Å²) >= 11 is 0. The molecule has 2 unspecified atom stereocenters. The Hall–Kier alpha value is -0.120. The van der Waals surface area contributed by atoms with Crippen LogP contribution in [0.25, 0.3) is 0 Å². The molecule has 0 heterocycles. The lowest BCUT2D eigenvalue weighted by Gasteiger charge is -2.48. The summed E-state index contributed by atoms with van der Waals surface area (Å²) in [6.07, 6.45) is 7.48. The molecule has 0 aromatic carbocycles. The number of nitrogens with zero attached hydrogens (tertiary/aromatic N) is 1. The van der Waals surface area contributed by atoms with Gasteiger partial charge in [0.25, 0.3) is 0 Å². The summed E-state index contributed by atoms with van der Waals surface area (Å²) in [5, 5.41) is 0. The Balaban J connectivity index is 2.75. The van der Waals surface area contributed by atoms with Crippen LogP contribution >= 0.6 is 0 Å². The highest BCUT2D eigenvalue weighted by molar-refractivity contribution is 4.96. The molecule has 0 aromatic rings. The number of ether oxygens (including phenoxy) is 1. The minimum Gasteiger partial charge on any atom is -0.379 e. The highest BCUT2D eigenvalue weighted by atomic mass is 16.5. The normalized spacial score (nSPS) is 28.1. The second kappa shape index (κ2) is 7.77. The predicted molar refractivity (Wildman–Crippen MR) is 87.0 cm³/mol. The lowest BCUT2D eigenvalue weighted by molar-refractivity contribution is -0.0169. The Morgan fingerprint density at radius 1 is 1.35 bits per heavy atom. The van der Waals surface area contributed by atoms with Gasteiger partial charge in [-0.25, -0.2) is 0 Å². The van der Waals surface area contributed by atoms with E-state index in [1.54, 1.807) is 0 Å². The van der Waals surface area contributed by atoms with E-state index in [0.717, 1.165) is 32.0 Å². The third kappa shape index (κ3) is 4.71. The van der Waals surface area contributed by atoms with Crippen molar-refractivity contribution in [3.05, 3.63) is 0 Å². The van der Waals surface area contributed by atoms with Crippen molar-refractivity contribution in [2.75, 3.05) is 26.7 Å². The summed E-state index contributed by atoms with van der Waals surface area (Å²) in [6.45, 7) is 12.1. The summed E-state index contributed by atoms with van der Waals surface area (Å²) in [4.78, 5) is 2.67. The topological polar surface area (TPSA) is 38.5 Å². The Morgan fingerprint density at radius 3 is 2.55 bits per heavy atom. The molecule has 0 spiro atoms. The van der Waals surface area contributed by atoms with Gasteiger partial charge in [0.1, 0.15) is 0 Å². The quantitative estimate of drug-likeness (QED) is 0.742. The Morgan fingerprint density at radius 2 is 2.05 bits per heavy atom. The van der Waals surface area contributed by atoms with E-state index in [0.29, 0.717) is 0 Å². The molecule has 1 rings (SSSR count). The van der Waals surface area contributed by atoms with Gasteiger partial charge in [0, 0.05) is 25.7 Å². The van der Waals surface area contributed by atoms with Gasteiger partial charge in [-0.3, -0.25) is 4.90 Å². The molecule has 120 valence electrons. The molecule has 0 amide bonds. The van der Waals surface area contributed by atoms with E-state index in [9.17, 15) is 0 Å². The van der Waals surface area contributed by atoms with Crippen LogP contribution in [0.4, 0.5) is 0 Å². The Bertz CT molecular complexity index is 280. The van der Waals surface area contributed by atoms with Crippen LogP contribution in [0.15, 0.2) is 0 Å². The maximum Gasteiger partial charge on any atom is 0.0634 e. The van der Waals surface area contributed by atoms with Gasteiger partial charge >= 0.3 is 0 Å². The van der Waals surface area contributed by atoms with Gasteiger partial charge in [-0.05, 0) is 52.0 Å². The average molecular weight is 284 g/mol. The van der Waals surface area contributed by atoms with Gasteiger partial charge in [-0.15, -0.1) is 0 Å². The Kier molecular flexibility index (Phi) is 6.96. The zero-order chi connectivity index (χ0) is 15.2. The molecular weight excluding hydrogens is 248 g/mol. The van der Waals surface area contributed by atoms with Gasteiger partial charge in [-0.1, -0.05) is 26.7 Å². The largest absolute Gasteiger partial charge is 0.379 e. The van der Waals surface area contributed by atoms with Crippen LogP contribution in [0.3, 0.4) is 0 Å². The monoisotopic (exact) mass is 284 g/mol. The highest BCUT2D eigenvalue weighted by Gasteiger charge is 2.39. The number of nitrogens with two attached hydrogens (primary N) is 1. The summed E-state index contributed by atoms with van der Waals surface area (Å²) in [5.41, 5.74) is 6.42. The van der Waals surface area contributed by atoms with Crippen LogP contribution in [0.1, 0.15) is 66.2 Å². The third-order valence-electron chi connectivity index (χ3n) is 5.15.